The smallest absolute Gasteiger partial charge is 0.339 e. The maximum absolute atomic E-state index is 12.3. The Hall–Kier alpha value is -2.88. The van der Waals surface area contributed by atoms with Gasteiger partial charge in [0.05, 0.1) is 18.2 Å². The van der Waals surface area contributed by atoms with Crippen molar-refractivity contribution in [1.82, 2.24) is 0 Å². The largest absolute Gasteiger partial charge is 0.478 e. The molecule has 3 aromatic rings. The number of ether oxygens (including phenoxy) is 1. The number of esters is 1. The summed E-state index contributed by atoms with van der Waals surface area (Å²) in [5.74, 6) is -1.48. The lowest BCUT2D eigenvalue weighted by atomic mass is 9.89. The predicted molar refractivity (Wildman–Crippen MR) is 84.5 cm³/mol. The van der Waals surface area contributed by atoms with Gasteiger partial charge in [-0.3, -0.25) is 0 Å². The summed E-state index contributed by atoms with van der Waals surface area (Å²) in [6.45, 7) is 1.84. The normalized spacial score (nSPS) is 10.8. The van der Waals surface area contributed by atoms with Crippen molar-refractivity contribution in [2.45, 2.75) is 6.92 Å². The Balaban J connectivity index is 2.69. The molecule has 0 saturated heterocycles. The molecule has 4 nitrogen and oxygen atoms in total. The van der Waals surface area contributed by atoms with Crippen LogP contribution in [0.1, 0.15) is 26.3 Å². The molecule has 0 bridgehead atoms. The fraction of sp³-hybridized carbons (Fsp3) is 0.111. The Morgan fingerprint density at radius 2 is 1.50 bits per heavy atom. The van der Waals surface area contributed by atoms with Crippen molar-refractivity contribution < 1.29 is 19.4 Å². The van der Waals surface area contributed by atoms with Crippen LogP contribution in [0.25, 0.3) is 21.5 Å². The molecule has 3 rings (SSSR count). The molecule has 110 valence electrons. The van der Waals surface area contributed by atoms with Crippen molar-refractivity contribution in [2.75, 3.05) is 7.11 Å². The van der Waals surface area contributed by atoms with Gasteiger partial charge in [-0.1, -0.05) is 42.5 Å². The molecule has 0 aliphatic heterocycles. The van der Waals surface area contributed by atoms with E-state index in [4.69, 9.17) is 4.74 Å². The van der Waals surface area contributed by atoms with E-state index in [1.807, 2.05) is 19.1 Å². The molecule has 0 radical (unpaired) electrons. The van der Waals surface area contributed by atoms with E-state index in [1.54, 1.807) is 30.3 Å². The van der Waals surface area contributed by atoms with Crippen LogP contribution in [-0.2, 0) is 4.74 Å². The van der Waals surface area contributed by atoms with Crippen molar-refractivity contribution >= 4 is 33.5 Å². The van der Waals surface area contributed by atoms with Gasteiger partial charge in [-0.05, 0) is 28.6 Å². The minimum absolute atomic E-state index is 0.219. The molecular formula is C18H14O4. The summed E-state index contributed by atoms with van der Waals surface area (Å²) in [5, 5.41) is 12.0. The number of hydrogen-bond donors (Lipinski definition) is 1. The molecule has 0 saturated carbocycles. The van der Waals surface area contributed by atoms with Crippen LogP contribution in [0.2, 0.25) is 0 Å². The summed E-state index contributed by atoms with van der Waals surface area (Å²) in [7, 11) is 1.32. The van der Waals surface area contributed by atoms with Gasteiger partial charge >= 0.3 is 11.9 Å². The Labute approximate surface area is 126 Å². The third-order valence-corrected chi connectivity index (χ3v) is 3.86. The van der Waals surface area contributed by atoms with Crippen molar-refractivity contribution in [3.8, 4) is 0 Å². The standard InChI is InChI=1S/C18H14O4/c1-10-6-5-9-13-14(10)16(17(19)20)12-8-4-3-7-11(12)15(13)18(21)22-2/h3-9H,1-2H3,(H,19,20). The quantitative estimate of drug-likeness (QED) is 0.577. The number of carboxylic acids is 1. The van der Waals surface area contributed by atoms with E-state index in [9.17, 15) is 14.7 Å². The number of fused-ring (bicyclic) bond motifs is 2. The molecule has 0 atom stereocenters. The number of carbonyl (C=O) groups excluding carboxylic acids is 1. The number of carboxylic acid groups (broad SMARTS) is 1. The Morgan fingerprint density at radius 3 is 2.09 bits per heavy atom. The fourth-order valence-corrected chi connectivity index (χ4v) is 2.95. The third kappa shape index (κ3) is 1.92. The average Bonchev–Trinajstić information content (AvgIpc) is 2.52. The van der Waals surface area contributed by atoms with Crippen LogP contribution in [0.3, 0.4) is 0 Å². The Morgan fingerprint density at radius 1 is 0.909 bits per heavy atom. The highest BCUT2D eigenvalue weighted by atomic mass is 16.5. The second kappa shape index (κ2) is 5.15. The van der Waals surface area contributed by atoms with E-state index in [0.29, 0.717) is 27.1 Å². The summed E-state index contributed by atoms with van der Waals surface area (Å²) in [6, 6.07) is 12.4. The second-order valence-corrected chi connectivity index (χ2v) is 5.09. The summed E-state index contributed by atoms with van der Waals surface area (Å²) in [5.41, 5.74) is 1.43. The van der Waals surface area contributed by atoms with Gasteiger partial charge in [0.25, 0.3) is 0 Å². The van der Waals surface area contributed by atoms with Crippen molar-refractivity contribution in [3.05, 3.63) is 59.2 Å². The maximum atomic E-state index is 12.3. The predicted octanol–water partition coefficient (Wildman–Crippen LogP) is 3.79. The van der Waals surface area contributed by atoms with E-state index in [0.717, 1.165) is 5.56 Å². The molecular weight excluding hydrogens is 280 g/mol. The lowest BCUT2D eigenvalue weighted by Gasteiger charge is -2.14. The second-order valence-electron chi connectivity index (χ2n) is 5.09. The lowest BCUT2D eigenvalue weighted by Crippen LogP contribution is -2.08. The lowest BCUT2D eigenvalue weighted by molar-refractivity contribution is 0.0603. The number of hydrogen-bond acceptors (Lipinski definition) is 3. The molecule has 0 aliphatic carbocycles. The number of carbonyl (C=O) groups is 2. The molecule has 0 amide bonds. The molecule has 0 heterocycles. The number of aromatic carboxylic acids is 1. The highest BCUT2D eigenvalue weighted by Gasteiger charge is 2.22. The Bertz CT molecular complexity index is 925. The minimum atomic E-state index is -1.01. The molecule has 0 aromatic heterocycles. The SMILES string of the molecule is COC(=O)c1c2ccccc2c(C(=O)O)c2c(C)cccc12. The van der Waals surface area contributed by atoms with Gasteiger partial charge in [0.15, 0.2) is 0 Å². The molecule has 0 spiro atoms. The summed E-state index contributed by atoms with van der Waals surface area (Å²) < 4.78 is 4.91. The zero-order valence-electron chi connectivity index (χ0n) is 12.2. The first kappa shape index (κ1) is 14.1. The molecule has 3 aromatic carbocycles. The van der Waals surface area contributed by atoms with Crippen LogP contribution in [0.15, 0.2) is 42.5 Å². The number of methoxy groups -OCH3 is 1. The van der Waals surface area contributed by atoms with Gasteiger partial charge in [-0.25, -0.2) is 9.59 Å². The van der Waals surface area contributed by atoms with E-state index in [-0.39, 0.29) is 5.56 Å². The third-order valence-electron chi connectivity index (χ3n) is 3.86. The van der Waals surface area contributed by atoms with Gasteiger partial charge in [-0.15, -0.1) is 0 Å². The Kier molecular flexibility index (Phi) is 3.29. The molecule has 1 N–H and O–H groups in total. The van der Waals surface area contributed by atoms with E-state index in [2.05, 4.69) is 0 Å². The maximum Gasteiger partial charge on any atom is 0.339 e. The number of aryl methyl sites for hydroxylation is 1. The fourth-order valence-electron chi connectivity index (χ4n) is 2.95. The van der Waals surface area contributed by atoms with E-state index in [1.165, 1.54) is 7.11 Å². The van der Waals surface area contributed by atoms with E-state index >= 15 is 0 Å². The first-order valence-electron chi connectivity index (χ1n) is 6.82. The monoisotopic (exact) mass is 294 g/mol. The summed E-state index contributed by atoms with van der Waals surface area (Å²) >= 11 is 0. The van der Waals surface area contributed by atoms with E-state index < -0.39 is 11.9 Å². The van der Waals surface area contributed by atoms with Gasteiger partial charge in [0.2, 0.25) is 0 Å². The zero-order chi connectivity index (χ0) is 15.9. The van der Waals surface area contributed by atoms with Crippen LogP contribution in [0.4, 0.5) is 0 Å². The first-order valence-corrected chi connectivity index (χ1v) is 6.82. The van der Waals surface area contributed by atoms with Crippen molar-refractivity contribution in [1.29, 1.82) is 0 Å². The average molecular weight is 294 g/mol. The zero-order valence-corrected chi connectivity index (χ0v) is 12.2. The minimum Gasteiger partial charge on any atom is -0.478 e. The van der Waals surface area contributed by atoms with Crippen molar-refractivity contribution in [2.24, 2.45) is 0 Å². The van der Waals surface area contributed by atoms with Crippen molar-refractivity contribution in [3.63, 3.8) is 0 Å². The highest BCUT2D eigenvalue weighted by Crippen LogP contribution is 2.35. The van der Waals surface area contributed by atoms with Gasteiger partial charge in [0.1, 0.15) is 0 Å². The highest BCUT2D eigenvalue weighted by molar-refractivity contribution is 6.24. The van der Waals surface area contributed by atoms with Crippen LogP contribution in [0.5, 0.6) is 0 Å². The van der Waals surface area contributed by atoms with Gasteiger partial charge in [-0.2, -0.15) is 0 Å². The number of benzene rings is 3. The topological polar surface area (TPSA) is 63.6 Å². The van der Waals surface area contributed by atoms with Gasteiger partial charge < -0.3 is 9.84 Å². The molecule has 22 heavy (non-hydrogen) atoms. The molecule has 0 aliphatic rings. The molecule has 4 heteroatoms. The number of rotatable bonds is 2. The summed E-state index contributed by atoms with van der Waals surface area (Å²) in [4.78, 5) is 24.1. The van der Waals surface area contributed by atoms with Crippen LogP contribution < -0.4 is 0 Å². The van der Waals surface area contributed by atoms with Gasteiger partial charge in [0, 0.05) is 5.39 Å². The van der Waals surface area contributed by atoms with Crippen LogP contribution >= 0.6 is 0 Å². The van der Waals surface area contributed by atoms with Crippen LogP contribution in [-0.4, -0.2) is 24.2 Å². The van der Waals surface area contributed by atoms with Crippen LogP contribution in [0, 0.1) is 6.92 Å². The first-order chi connectivity index (χ1) is 10.6. The molecule has 0 fully saturated rings. The summed E-state index contributed by atoms with van der Waals surface area (Å²) in [6.07, 6.45) is 0. The molecule has 0 unspecified atom stereocenters.